The molecule has 1 aromatic heterocycles. The van der Waals surface area contributed by atoms with Crippen LogP contribution in [0, 0.1) is 0 Å². The van der Waals surface area contributed by atoms with Crippen LogP contribution in [0.1, 0.15) is 58.1 Å². The number of aromatic amines is 1. The number of aromatic nitrogens is 1. The number of rotatable bonds is 2. The molecule has 2 aromatic rings. The fourth-order valence-corrected chi connectivity index (χ4v) is 2.24. The minimum absolute atomic E-state index is 0.220. The van der Waals surface area contributed by atoms with Gasteiger partial charge in [0.05, 0.1) is 0 Å². The molecule has 1 heterocycles. The Bertz CT molecular complexity index is 514. The number of hydrogen-bond acceptors (Lipinski definition) is 0. The molecule has 0 amide bonds. The maximum atomic E-state index is 3.38. The monoisotopic (exact) mass is 229 g/mol. The molecule has 1 atom stereocenters. The molecule has 0 aliphatic carbocycles. The Hall–Kier alpha value is -1.24. The molecule has 0 radical (unpaired) electrons. The summed E-state index contributed by atoms with van der Waals surface area (Å²) in [7, 11) is 0. The fourth-order valence-electron chi connectivity index (χ4n) is 2.24. The van der Waals surface area contributed by atoms with Crippen molar-refractivity contribution >= 4 is 10.9 Å². The quantitative estimate of drug-likeness (QED) is 0.747. The summed E-state index contributed by atoms with van der Waals surface area (Å²) < 4.78 is 0. The van der Waals surface area contributed by atoms with E-state index in [1.807, 2.05) is 0 Å². The molecular formula is C16H23N. The molecule has 0 aliphatic rings. The van der Waals surface area contributed by atoms with E-state index >= 15 is 0 Å². The SMILES string of the molecule is CCC(C)c1c[nH]c2ccc(C(C)(C)C)cc12. The van der Waals surface area contributed by atoms with E-state index in [-0.39, 0.29) is 5.41 Å². The smallest absolute Gasteiger partial charge is 0.0457 e. The van der Waals surface area contributed by atoms with Gasteiger partial charge in [-0.25, -0.2) is 0 Å². The molecule has 92 valence electrons. The first-order valence-electron chi connectivity index (χ1n) is 6.55. The fraction of sp³-hybridized carbons (Fsp3) is 0.500. The normalized spacial score (nSPS) is 14.2. The molecule has 0 saturated heterocycles. The van der Waals surface area contributed by atoms with E-state index < -0.39 is 0 Å². The largest absolute Gasteiger partial charge is 0.361 e. The van der Waals surface area contributed by atoms with Crippen LogP contribution in [0.4, 0.5) is 0 Å². The van der Waals surface area contributed by atoms with Crippen molar-refractivity contribution in [2.24, 2.45) is 0 Å². The molecule has 2 rings (SSSR count). The summed E-state index contributed by atoms with van der Waals surface area (Å²) in [5.74, 6) is 0.624. The number of H-pyrrole nitrogens is 1. The van der Waals surface area contributed by atoms with Gasteiger partial charge in [0.15, 0.2) is 0 Å². The number of benzene rings is 1. The van der Waals surface area contributed by atoms with Crippen molar-refractivity contribution in [1.29, 1.82) is 0 Å². The average Bonchev–Trinajstić information content (AvgIpc) is 2.69. The van der Waals surface area contributed by atoms with Crippen molar-refractivity contribution in [3.8, 4) is 0 Å². The summed E-state index contributed by atoms with van der Waals surface area (Å²) in [6.45, 7) is 11.3. The lowest BCUT2D eigenvalue weighted by molar-refractivity contribution is 0.591. The topological polar surface area (TPSA) is 15.8 Å². The molecule has 1 N–H and O–H groups in total. The van der Waals surface area contributed by atoms with E-state index in [0.29, 0.717) is 5.92 Å². The summed E-state index contributed by atoms with van der Waals surface area (Å²) in [6.07, 6.45) is 3.36. The summed E-state index contributed by atoms with van der Waals surface area (Å²) in [4.78, 5) is 3.38. The minimum Gasteiger partial charge on any atom is -0.361 e. The highest BCUT2D eigenvalue weighted by molar-refractivity contribution is 5.84. The van der Waals surface area contributed by atoms with E-state index in [9.17, 15) is 0 Å². The highest BCUT2D eigenvalue weighted by atomic mass is 14.7. The van der Waals surface area contributed by atoms with E-state index in [0.717, 1.165) is 0 Å². The maximum absolute atomic E-state index is 3.38. The Morgan fingerprint density at radius 1 is 1.24 bits per heavy atom. The van der Waals surface area contributed by atoms with Crippen molar-refractivity contribution in [2.45, 2.75) is 52.4 Å². The third kappa shape index (κ3) is 2.24. The molecule has 1 aromatic carbocycles. The van der Waals surface area contributed by atoms with Crippen molar-refractivity contribution < 1.29 is 0 Å². The Morgan fingerprint density at radius 2 is 1.94 bits per heavy atom. The van der Waals surface area contributed by atoms with Gasteiger partial charge < -0.3 is 4.98 Å². The molecule has 1 nitrogen and oxygen atoms in total. The van der Waals surface area contributed by atoms with Gasteiger partial charge in [0, 0.05) is 17.1 Å². The highest BCUT2D eigenvalue weighted by Crippen LogP contribution is 2.31. The third-order valence-electron chi connectivity index (χ3n) is 3.72. The van der Waals surface area contributed by atoms with E-state index in [4.69, 9.17) is 0 Å². The van der Waals surface area contributed by atoms with E-state index in [1.165, 1.54) is 28.5 Å². The number of nitrogens with one attached hydrogen (secondary N) is 1. The summed E-state index contributed by atoms with van der Waals surface area (Å²) in [6, 6.07) is 6.80. The molecule has 0 fully saturated rings. The van der Waals surface area contributed by atoms with Crippen molar-refractivity contribution in [2.75, 3.05) is 0 Å². The van der Waals surface area contributed by atoms with Crippen LogP contribution in [-0.4, -0.2) is 4.98 Å². The predicted octanol–water partition coefficient (Wildman–Crippen LogP) is 4.98. The van der Waals surface area contributed by atoms with Crippen LogP contribution >= 0.6 is 0 Å². The Kier molecular flexibility index (Phi) is 3.03. The first-order chi connectivity index (χ1) is 7.93. The molecule has 0 aliphatic heterocycles. The van der Waals surface area contributed by atoms with Crippen LogP contribution in [0.3, 0.4) is 0 Å². The zero-order valence-corrected chi connectivity index (χ0v) is 11.6. The van der Waals surface area contributed by atoms with E-state index in [1.54, 1.807) is 0 Å². The van der Waals surface area contributed by atoms with Crippen LogP contribution in [0.5, 0.6) is 0 Å². The summed E-state index contributed by atoms with van der Waals surface area (Å²) in [5.41, 5.74) is 4.34. The van der Waals surface area contributed by atoms with Crippen LogP contribution in [0.2, 0.25) is 0 Å². The maximum Gasteiger partial charge on any atom is 0.0457 e. The van der Waals surface area contributed by atoms with Crippen molar-refractivity contribution in [3.63, 3.8) is 0 Å². The van der Waals surface area contributed by atoms with Crippen LogP contribution in [-0.2, 0) is 5.41 Å². The van der Waals surface area contributed by atoms with Gasteiger partial charge in [-0.15, -0.1) is 0 Å². The Morgan fingerprint density at radius 3 is 2.53 bits per heavy atom. The lowest BCUT2D eigenvalue weighted by Crippen LogP contribution is -2.10. The second kappa shape index (κ2) is 4.21. The second-order valence-electron chi connectivity index (χ2n) is 6.06. The van der Waals surface area contributed by atoms with Crippen LogP contribution in [0.25, 0.3) is 10.9 Å². The van der Waals surface area contributed by atoms with Crippen LogP contribution in [0.15, 0.2) is 24.4 Å². The molecule has 0 saturated carbocycles. The first-order valence-corrected chi connectivity index (χ1v) is 6.55. The highest BCUT2D eigenvalue weighted by Gasteiger charge is 2.16. The Labute approximate surface area is 104 Å². The molecule has 0 spiro atoms. The zero-order valence-electron chi connectivity index (χ0n) is 11.6. The van der Waals surface area contributed by atoms with Gasteiger partial charge in [-0.3, -0.25) is 0 Å². The van der Waals surface area contributed by atoms with Gasteiger partial charge in [0.2, 0.25) is 0 Å². The predicted molar refractivity (Wildman–Crippen MR) is 75.7 cm³/mol. The van der Waals surface area contributed by atoms with Crippen molar-refractivity contribution in [1.82, 2.24) is 4.98 Å². The van der Waals surface area contributed by atoms with Gasteiger partial charge in [0.1, 0.15) is 0 Å². The zero-order chi connectivity index (χ0) is 12.6. The molecule has 1 unspecified atom stereocenters. The lowest BCUT2D eigenvalue weighted by atomic mass is 9.85. The van der Waals surface area contributed by atoms with Gasteiger partial charge in [-0.2, -0.15) is 0 Å². The number of hydrogen-bond donors (Lipinski definition) is 1. The summed E-state index contributed by atoms with van der Waals surface area (Å²) in [5, 5.41) is 1.40. The third-order valence-corrected chi connectivity index (χ3v) is 3.72. The summed E-state index contributed by atoms with van der Waals surface area (Å²) >= 11 is 0. The van der Waals surface area contributed by atoms with Gasteiger partial charge >= 0.3 is 0 Å². The molecule has 0 bridgehead atoms. The van der Waals surface area contributed by atoms with Crippen LogP contribution < -0.4 is 0 Å². The molecule has 1 heteroatoms. The number of fused-ring (bicyclic) bond motifs is 1. The minimum atomic E-state index is 0.220. The van der Waals surface area contributed by atoms with Gasteiger partial charge in [-0.05, 0) is 41.0 Å². The Balaban J connectivity index is 2.58. The van der Waals surface area contributed by atoms with Crippen molar-refractivity contribution in [3.05, 3.63) is 35.5 Å². The molecular weight excluding hydrogens is 206 g/mol. The van der Waals surface area contributed by atoms with Gasteiger partial charge in [0.25, 0.3) is 0 Å². The lowest BCUT2D eigenvalue weighted by Gasteiger charge is -2.19. The standard InChI is InChI=1S/C16H23N/c1-6-11(2)14-10-17-15-8-7-12(9-13(14)15)16(3,4)5/h7-11,17H,6H2,1-5H3. The van der Waals surface area contributed by atoms with Gasteiger partial charge in [-0.1, -0.05) is 40.7 Å². The second-order valence-corrected chi connectivity index (χ2v) is 6.06. The first kappa shape index (κ1) is 12.2. The average molecular weight is 229 g/mol. The molecule has 17 heavy (non-hydrogen) atoms. The van der Waals surface area contributed by atoms with E-state index in [2.05, 4.69) is 64.0 Å².